The second-order valence-corrected chi connectivity index (χ2v) is 4.58. The fourth-order valence-electron chi connectivity index (χ4n) is 2.04. The number of rotatable bonds is 5. The third kappa shape index (κ3) is 5.12. The van der Waals surface area contributed by atoms with E-state index in [9.17, 15) is 9.59 Å². The van der Waals surface area contributed by atoms with Crippen molar-refractivity contribution in [1.82, 2.24) is 0 Å². The molecule has 19 heavy (non-hydrogen) atoms. The first kappa shape index (κ1) is 15.2. The average molecular weight is 264 g/mol. The van der Waals surface area contributed by atoms with Crippen molar-refractivity contribution in [3.05, 3.63) is 34.4 Å². The van der Waals surface area contributed by atoms with Crippen molar-refractivity contribution in [1.29, 1.82) is 0 Å². The van der Waals surface area contributed by atoms with Gasteiger partial charge in [-0.3, -0.25) is 9.59 Å². The molecule has 0 atom stereocenters. The molecule has 1 aromatic rings. The van der Waals surface area contributed by atoms with Crippen LogP contribution in [0.2, 0.25) is 0 Å². The summed E-state index contributed by atoms with van der Waals surface area (Å²) in [5.41, 5.74) is 4.39. The van der Waals surface area contributed by atoms with Gasteiger partial charge in [-0.1, -0.05) is 12.1 Å². The Balaban J connectivity index is 2.73. The van der Waals surface area contributed by atoms with Gasteiger partial charge in [0.15, 0.2) is 0 Å². The quantitative estimate of drug-likeness (QED) is 0.767. The standard InChI is InChI=1S/C15H20O4/c1-10-7-14(9-19-13(4)17)8-11(2)15(10)5-6-18-12(3)16/h7-8H,5-6,9H2,1-4H3. The summed E-state index contributed by atoms with van der Waals surface area (Å²) in [7, 11) is 0. The summed E-state index contributed by atoms with van der Waals surface area (Å²) in [5, 5.41) is 0. The first-order valence-electron chi connectivity index (χ1n) is 6.26. The van der Waals surface area contributed by atoms with Crippen molar-refractivity contribution in [2.75, 3.05) is 6.61 Å². The number of aryl methyl sites for hydroxylation is 2. The van der Waals surface area contributed by atoms with E-state index in [1.165, 1.54) is 19.4 Å². The molecule has 0 amide bonds. The van der Waals surface area contributed by atoms with Crippen LogP contribution in [0.15, 0.2) is 12.1 Å². The van der Waals surface area contributed by atoms with E-state index in [1.54, 1.807) is 0 Å². The first-order valence-corrected chi connectivity index (χ1v) is 6.26. The van der Waals surface area contributed by atoms with Crippen LogP contribution in [-0.2, 0) is 32.1 Å². The van der Waals surface area contributed by atoms with Crippen LogP contribution in [0, 0.1) is 13.8 Å². The van der Waals surface area contributed by atoms with Gasteiger partial charge >= 0.3 is 11.9 Å². The Labute approximate surface area is 113 Å². The zero-order chi connectivity index (χ0) is 14.4. The SMILES string of the molecule is CC(=O)OCCc1c(C)cc(COC(C)=O)cc1C. The minimum Gasteiger partial charge on any atom is -0.466 e. The molecular formula is C15H20O4. The number of carbonyl (C=O) groups is 2. The number of ether oxygens (including phenoxy) is 2. The molecule has 0 bridgehead atoms. The van der Waals surface area contributed by atoms with E-state index in [4.69, 9.17) is 9.47 Å². The third-order valence-corrected chi connectivity index (χ3v) is 2.86. The summed E-state index contributed by atoms with van der Waals surface area (Å²) in [6, 6.07) is 4.00. The second kappa shape index (κ2) is 6.92. The van der Waals surface area contributed by atoms with E-state index in [0.29, 0.717) is 19.6 Å². The van der Waals surface area contributed by atoms with Crippen molar-refractivity contribution in [3.8, 4) is 0 Å². The molecule has 0 unspecified atom stereocenters. The number of carbonyl (C=O) groups excluding carboxylic acids is 2. The van der Waals surface area contributed by atoms with Gasteiger partial charge in [0.1, 0.15) is 6.61 Å². The number of hydrogen-bond donors (Lipinski definition) is 0. The van der Waals surface area contributed by atoms with Gasteiger partial charge < -0.3 is 9.47 Å². The third-order valence-electron chi connectivity index (χ3n) is 2.86. The highest BCUT2D eigenvalue weighted by molar-refractivity contribution is 5.66. The maximum absolute atomic E-state index is 10.8. The average Bonchev–Trinajstić information content (AvgIpc) is 2.29. The molecule has 1 rings (SSSR count). The normalized spacial score (nSPS) is 10.1. The summed E-state index contributed by atoms with van der Waals surface area (Å²) >= 11 is 0. The molecule has 0 heterocycles. The zero-order valence-corrected chi connectivity index (χ0v) is 11.9. The summed E-state index contributed by atoms with van der Waals surface area (Å²) < 4.78 is 9.94. The smallest absolute Gasteiger partial charge is 0.302 e. The van der Waals surface area contributed by atoms with Crippen LogP contribution in [0.5, 0.6) is 0 Å². The lowest BCUT2D eigenvalue weighted by atomic mass is 9.97. The first-order chi connectivity index (χ1) is 8.90. The van der Waals surface area contributed by atoms with E-state index < -0.39 is 0 Å². The molecule has 104 valence electrons. The van der Waals surface area contributed by atoms with E-state index in [2.05, 4.69) is 0 Å². The van der Waals surface area contributed by atoms with Gasteiger partial charge in [-0.05, 0) is 36.1 Å². The summed E-state index contributed by atoms with van der Waals surface area (Å²) in [6.45, 7) is 7.50. The molecule has 0 saturated carbocycles. The second-order valence-electron chi connectivity index (χ2n) is 4.58. The topological polar surface area (TPSA) is 52.6 Å². The minimum absolute atomic E-state index is 0.262. The molecule has 0 aliphatic heterocycles. The van der Waals surface area contributed by atoms with Gasteiger partial charge in [0.25, 0.3) is 0 Å². The predicted molar refractivity (Wildman–Crippen MR) is 71.7 cm³/mol. The molecule has 0 spiro atoms. The van der Waals surface area contributed by atoms with E-state index in [-0.39, 0.29) is 11.9 Å². The van der Waals surface area contributed by atoms with Crippen LogP contribution < -0.4 is 0 Å². The number of hydrogen-bond acceptors (Lipinski definition) is 4. The maximum Gasteiger partial charge on any atom is 0.302 e. The fraction of sp³-hybridized carbons (Fsp3) is 0.467. The fourth-order valence-corrected chi connectivity index (χ4v) is 2.04. The van der Waals surface area contributed by atoms with Crippen LogP contribution in [0.4, 0.5) is 0 Å². The largest absolute Gasteiger partial charge is 0.466 e. The minimum atomic E-state index is -0.283. The van der Waals surface area contributed by atoms with E-state index in [0.717, 1.165) is 16.7 Å². The highest BCUT2D eigenvalue weighted by Crippen LogP contribution is 2.18. The lowest BCUT2D eigenvalue weighted by Gasteiger charge is -2.12. The molecule has 0 N–H and O–H groups in total. The molecule has 0 saturated heterocycles. The maximum atomic E-state index is 10.8. The Morgan fingerprint density at radius 1 is 1.00 bits per heavy atom. The lowest BCUT2D eigenvalue weighted by Crippen LogP contribution is -2.07. The van der Waals surface area contributed by atoms with Gasteiger partial charge in [-0.25, -0.2) is 0 Å². The summed E-state index contributed by atoms with van der Waals surface area (Å²) in [5.74, 6) is -0.545. The summed E-state index contributed by atoms with van der Waals surface area (Å²) in [6.07, 6.45) is 0.699. The molecule has 4 heteroatoms. The molecule has 0 aliphatic rings. The van der Waals surface area contributed by atoms with Crippen molar-refractivity contribution in [2.45, 2.75) is 40.7 Å². The van der Waals surface area contributed by atoms with Gasteiger partial charge in [-0.15, -0.1) is 0 Å². The van der Waals surface area contributed by atoms with Crippen LogP contribution >= 0.6 is 0 Å². The number of esters is 2. The van der Waals surface area contributed by atoms with Crippen molar-refractivity contribution < 1.29 is 19.1 Å². The van der Waals surface area contributed by atoms with Crippen LogP contribution in [0.3, 0.4) is 0 Å². The highest BCUT2D eigenvalue weighted by atomic mass is 16.5. The van der Waals surface area contributed by atoms with Crippen LogP contribution in [0.1, 0.15) is 36.1 Å². The number of benzene rings is 1. The molecule has 4 nitrogen and oxygen atoms in total. The molecule has 0 aliphatic carbocycles. The Hall–Kier alpha value is -1.84. The van der Waals surface area contributed by atoms with Crippen LogP contribution in [0.25, 0.3) is 0 Å². The van der Waals surface area contributed by atoms with Gasteiger partial charge in [-0.2, -0.15) is 0 Å². The van der Waals surface area contributed by atoms with E-state index in [1.807, 2.05) is 26.0 Å². The monoisotopic (exact) mass is 264 g/mol. The summed E-state index contributed by atoms with van der Waals surface area (Å²) in [4.78, 5) is 21.5. The molecule has 0 aromatic heterocycles. The Kier molecular flexibility index (Phi) is 5.55. The Morgan fingerprint density at radius 2 is 1.53 bits per heavy atom. The molecule has 0 radical (unpaired) electrons. The molecular weight excluding hydrogens is 244 g/mol. The zero-order valence-electron chi connectivity index (χ0n) is 11.9. The van der Waals surface area contributed by atoms with Gasteiger partial charge in [0.2, 0.25) is 0 Å². The van der Waals surface area contributed by atoms with Gasteiger partial charge in [0.05, 0.1) is 6.61 Å². The van der Waals surface area contributed by atoms with Crippen molar-refractivity contribution in [2.24, 2.45) is 0 Å². The molecule has 0 fully saturated rings. The van der Waals surface area contributed by atoms with E-state index >= 15 is 0 Å². The van der Waals surface area contributed by atoms with Crippen molar-refractivity contribution in [3.63, 3.8) is 0 Å². The molecule has 1 aromatic carbocycles. The van der Waals surface area contributed by atoms with Gasteiger partial charge in [0, 0.05) is 20.3 Å². The predicted octanol–water partition coefficient (Wildman–Crippen LogP) is 2.47. The van der Waals surface area contributed by atoms with Crippen molar-refractivity contribution >= 4 is 11.9 Å². The highest BCUT2D eigenvalue weighted by Gasteiger charge is 2.07. The lowest BCUT2D eigenvalue weighted by molar-refractivity contribution is -0.142. The van der Waals surface area contributed by atoms with Crippen LogP contribution in [-0.4, -0.2) is 18.5 Å². The Bertz CT molecular complexity index is 454. The Morgan fingerprint density at radius 3 is 2.00 bits per heavy atom.